The normalized spacial score (nSPS) is 13.1. The molecule has 2 N–H and O–H groups in total. The standard InChI is InChI=1S/C14H24N2O2S/c1-11(12-7-5-10-19-12)15-8-6-9-16-13(17)18-14(2,3)4/h5,7,10-11,15H,6,8-9H2,1-4H3,(H,16,17)/t11-/m0/s1. The molecule has 1 amide bonds. The number of alkyl carbamates (subject to hydrolysis) is 1. The minimum absolute atomic E-state index is 0.348. The molecule has 4 nitrogen and oxygen atoms in total. The lowest BCUT2D eigenvalue weighted by Crippen LogP contribution is -2.34. The van der Waals surface area contributed by atoms with Crippen molar-refractivity contribution in [1.29, 1.82) is 0 Å². The van der Waals surface area contributed by atoms with Crippen LogP contribution in [-0.4, -0.2) is 24.8 Å². The van der Waals surface area contributed by atoms with Gasteiger partial charge in [-0.25, -0.2) is 4.79 Å². The van der Waals surface area contributed by atoms with E-state index < -0.39 is 5.60 Å². The number of rotatable bonds is 6. The van der Waals surface area contributed by atoms with Crippen molar-refractivity contribution < 1.29 is 9.53 Å². The molecule has 0 aliphatic rings. The number of ether oxygens (including phenoxy) is 1. The lowest BCUT2D eigenvalue weighted by atomic mass is 10.2. The van der Waals surface area contributed by atoms with Crippen LogP contribution in [0.5, 0.6) is 0 Å². The van der Waals surface area contributed by atoms with Crippen molar-refractivity contribution >= 4 is 17.4 Å². The summed E-state index contributed by atoms with van der Waals surface area (Å²) < 4.78 is 5.16. The first kappa shape index (κ1) is 16.0. The molecule has 0 fully saturated rings. The predicted molar refractivity (Wildman–Crippen MR) is 79.6 cm³/mol. The predicted octanol–water partition coefficient (Wildman–Crippen LogP) is 3.31. The Morgan fingerprint density at radius 3 is 2.74 bits per heavy atom. The van der Waals surface area contributed by atoms with E-state index in [0.29, 0.717) is 12.6 Å². The highest BCUT2D eigenvalue weighted by Gasteiger charge is 2.15. The third-order valence-corrected chi connectivity index (χ3v) is 3.50. The summed E-state index contributed by atoms with van der Waals surface area (Å²) in [5.74, 6) is 0. The van der Waals surface area contributed by atoms with Gasteiger partial charge in [0.1, 0.15) is 5.60 Å². The molecule has 0 bridgehead atoms. The van der Waals surface area contributed by atoms with Crippen LogP contribution < -0.4 is 10.6 Å². The zero-order valence-electron chi connectivity index (χ0n) is 12.2. The molecule has 1 aromatic heterocycles. The summed E-state index contributed by atoms with van der Waals surface area (Å²) in [6, 6.07) is 4.55. The lowest BCUT2D eigenvalue weighted by molar-refractivity contribution is 0.0527. The second kappa shape index (κ2) is 7.50. The average Bonchev–Trinajstić information content (AvgIpc) is 2.79. The van der Waals surface area contributed by atoms with Gasteiger partial charge in [0, 0.05) is 17.5 Å². The van der Waals surface area contributed by atoms with E-state index >= 15 is 0 Å². The summed E-state index contributed by atoms with van der Waals surface area (Å²) in [7, 11) is 0. The van der Waals surface area contributed by atoms with Crippen molar-refractivity contribution in [3.05, 3.63) is 22.4 Å². The van der Waals surface area contributed by atoms with Gasteiger partial charge in [-0.3, -0.25) is 0 Å². The van der Waals surface area contributed by atoms with Crippen molar-refractivity contribution in [2.24, 2.45) is 0 Å². The summed E-state index contributed by atoms with van der Waals surface area (Å²) in [5, 5.41) is 8.26. The molecule has 0 aliphatic carbocycles. The van der Waals surface area contributed by atoms with Gasteiger partial charge in [0.15, 0.2) is 0 Å². The van der Waals surface area contributed by atoms with E-state index in [9.17, 15) is 4.79 Å². The van der Waals surface area contributed by atoms with Crippen LogP contribution in [0.15, 0.2) is 17.5 Å². The van der Waals surface area contributed by atoms with Crippen LogP contribution >= 0.6 is 11.3 Å². The summed E-state index contributed by atoms with van der Waals surface area (Å²) in [4.78, 5) is 12.7. The van der Waals surface area contributed by atoms with E-state index in [2.05, 4.69) is 35.1 Å². The molecule has 108 valence electrons. The Labute approximate surface area is 119 Å². The zero-order valence-corrected chi connectivity index (χ0v) is 13.0. The summed E-state index contributed by atoms with van der Waals surface area (Å²) in [6.45, 7) is 9.21. The first-order valence-electron chi connectivity index (χ1n) is 6.62. The van der Waals surface area contributed by atoms with Gasteiger partial charge < -0.3 is 15.4 Å². The molecule has 0 radical (unpaired) electrons. The number of carbonyl (C=O) groups excluding carboxylic acids is 1. The molecule has 0 unspecified atom stereocenters. The van der Waals surface area contributed by atoms with E-state index in [-0.39, 0.29) is 6.09 Å². The summed E-state index contributed by atoms with van der Waals surface area (Å²) >= 11 is 1.75. The molecule has 0 aliphatic heterocycles. The van der Waals surface area contributed by atoms with E-state index in [4.69, 9.17) is 4.74 Å². The first-order chi connectivity index (χ1) is 8.88. The maximum absolute atomic E-state index is 11.4. The molecule has 1 heterocycles. The van der Waals surface area contributed by atoms with Crippen LogP contribution in [0.25, 0.3) is 0 Å². The van der Waals surface area contributed by atoms with Gasteiger partial charge in [0.05, 0.1) is 0 Å². The first-order valence-corrected chi connectivity index (χ1v) is 7.50. The largest absolute Gasteiger partial charge is 0.444 e. The minimum atomic E-state index is -0.435. The molecule has 0 spiro atoms. The number of nitrogens with one attached hydrogen (secondary N) is 2. The van der Waals surface area contributed by atoms with Gasteiger partial charge in [-0.1, -0.05) is 6.07 Å². The number of amides is 1. The van der Waals surface area contributed by atoms with E-state index in [1.807, 2.05) is 20.8 Å². The molecule has 5 heteroatoms. The van der Waals surface area contributed by atoms with Crippen molar-refractivity contribution in [2.75, 3.05) is 13.1 Å². The highest BCUT2D eigenvalue weighted by atomic mass is 32.1. The summed E-state index contributed by atoms with van der Waals surface area (Å²) in [5.41, 5.74) is -0.435. The smallest absolute Gasteiger partial charge is 0.407 e. The minimum Gasteiger partial charge on any atom is -0.444 e. The van der Waals surface area contributed by atoms with Crippen LogP contribution in [0.2, 0.25) is 0 Å². The van der Waals surface area contributed by atoms with Crippen LogP contribution in [0.3, 0.4) is 0 Å². The number of hydrogen-bond acceptors (Lipinski definition) is 4. The highest BCUT2D eigenvalue weighted by Crippen LogP contribution is 2.17. The molecule has 1 aromatic rings. The highest BCUT2D eigenvalue weighted by molar-refractivity contribution is 7.10. The Morgan fingerprint density at radius 2 is 2.16 bits per heavy atom. The van der Waals surface area contributed by atoms with Gasteiger partial charge in [-0.15, -0.1) is 11.3 Å². The Hall–Kier alpha value is -1.07. The Balaban J connectivity index is 2.07. The van der Waals surface area contributed by atoms with Crippen LogP contribution in [0.1, 0.15) is 45.0 Å². The summed E-state index contributed by atoms with van der Waals surface area (Å²) in [6.07, 6.45) is 0.536. The van der Waals surface area contributed by atoms with E-state index in [1.165, 1.54) is 4.88 Å². The van der Waals surface area contributed by atoms with Crippen LogP contribution in [-0.2, 0) is 4.74 Å². The van der Waals surface area contributed by atoms with E-state index in [0.717, 1.165) is 13.0 Å². The van der Waals surface area contributed by atoms with Gasteiger partial charge in [0.25, 0.3) is 0 Å². The molecule has 1 atom stereocenters. The fourth-order valence-corrected chi connectivity index (χ4v) is 2.31. The third-order valence-electron chi connectivity index (χ3n) is 2.44. The Bertz CT molecular complexity index is 371. The van der Waals surface area contributed by atoms with Gasteiger partial charge in [-0.05, 0) is 52.1 Å². The fourth-order valence-electron chi connectivity index (χ4n) is 1.55. The fraction of sp³-hybridized carbons (Fsp3) is 0.643. The SMILES string of the molecule is C[C@H](NCCCNC(=O)OC(C)(C)C)c1cccs1. The molecule has 19 heavy (non-hydrogen) atoms. The van der Waals surface area contributed by atoms with Crippen molar-refractivity contribution in [1.82, 2.24) is 10.6 Å². The second-order valence-corrected chi connectivity index (χ2v) is 6.45. The molecule has 0 aromatic carbocycles. The van der Waals surface area contributed by atoms with E-state index in [1.54, 1.807) is 11.3 Å². The molecule has 0 saturated carbocycles. The molecule has 0 saturated heterocycles. The third kappa shape index (κ3) is 7.18. The molecular weight excluding hydrogens is 260 g/mol. The second-order valence-electron chi connectivity index (χ2n) is 5.47. The Kier molecular flexibility index (Phi) is 6.31. The van der Waals surface area contributed by atoms with Gasteiger partial charge in [-0.2, -0.15) is 0 Å². The average molecular weight is 284 g/mol. The zero-order chi connectivity index (χ0) is 14.3. The maximum Gasteiger partial charge on any atom is 0.407 e. The quantitative estimate of drug-likeness (QED) is 0.788. The molecular formula is C14H24N2O2S. The monoisotopic (exact) mass is 284 g/mol. The van der Waals surface area contributed by atoms with Gasteiger partial charge in [0.2, 0.25) is 0 Å². The van der Waals surface area contributed by atoms with Crippen LogP contribution in [0.4, 0.5) is 4.79 Å². The lowest BCUT2D eigenvalue weighted by Gasteiger charge is -2.19. The maximum atomic E-state index is 11.4. The Morgan fingerprint density at radius 1 is 1.42 bits per heavy atom. The molecule has 1 rings (SSSR count). The number of carbonyl (C=O) groups is 1. The number of hydrogen-bond donors (Lipinski definition) is 2. The van der Waals surface area contributed by atoms with Crippen molar-refractivity contribution in [3.8, 4) is 0 Å². The van der Waals surface area contributed by atoms with Crippen molar-refractivity contribution in [3.63, 3.8) is 0 Å². The number of thiophene rings is 1. The van der Waals surface area contributed by atoms with Crippen molar-refractivity contribution in [2.45, 2.75) is 45.8 Å². The topological polar surface area (TPSA) is 50.4 Å². The van der Waals surface area contributed by atoms with Crippen LogP contribution in [0, 0.1) is 0 Å². The van der Waals surface area contributed by atoms with Gasteiger partial charge >= 0.3 is 6.09 Å².